The van der Waals surface area contributed by atoms with Crippen LogP contribution in [0.3, 0.4) is 0 Å². The van der Waals surface area contributed by atoms with Crippen LogP contribution in [0.5, 0.6) is 0 Å². The minimum Gasteiger partial charge on any atom is -0.321 e. The highest BCUT2D eigenvalue weighted by molar-refractivity contribution is 7.10. The Kier molecular flexibility index (Phi) is 4.83. The molecule has 3 nitrogen and oxygen atoms in total. The van der Waals surface area contributed by atoms with Crippen molar-refractivity contribution in [1.29, 1.82) is 0 Å². The van der Waals surface area contributed by atoms with Gasteiger partial charge in [0.25, 0.3) is 5.91 Å². The normalized spacial score (nSPS) is 20.1. The molecule has 1 aromatic carbocycles. The van der Waals surface area contributed by atoms with Crippen molar-refractivity contribution in [2.75, 3.05) is 18.4 Å². The number of aryl methyl sites for hydroxylation is 2. The number of nitrogens with one attached hydrogen (secondary N) is 2. The molecule has 1 amide bonds. The van der Waals surface area contributed by atoms with Crippen molar-refractivity contribution in [3.8, 4) is 0 Å². The van der Waals surface area contributed by atoms with Crippen molar-refractivity contribution in [3.63, 3.8) is 0 Å². The Labute approximate surface area is 142 Å². The molecule has 0 saturated carbocycles. The number of carbonyl (C=O) groups excluding carboxylic acids is 1. The summed E-state index contributed by atoms with van der Waals surface area (Å²) in [7, 11) is 0. The van der Waals surface area contributed by atoms with E-state index in [-0.39, 0.29) is 5.91 Å². The number of amides is 1. The average Bonchev–Trinajstić information content (AvgIpc) is 3.01. The van der Waals surface area contributed by atoms with Gasteiger partial charge in [-0.15, -0.1) is 11.3 Å². The molecule has 2 atom stereocenters. The second kappa shape index (κ2) is 6.85. The van der Waals surface area contributed by atoms with Crippen LogP contribution >= 0.6 is 11.3 Å². The summed E-state index contributed by atoms with van der Waals surface area (Å²) in [5.74, 6) is 0.120. The SMILES string of the molecule is CCc1cccc(C)c1NC(=O)C[NH+]1CCc2sccc2[C@@H]1C. The number of benzene rings is 1. The van der Waals surface area contributed by atoms with Gasteiger partial charge < -0.3 is 10.2 Å². The maximum Gasteiger partial charge on any atom is 0.279 e. The minimum atomic E-state index is 0.120. The van der Waals surface area contributed by atoms with Crippen LogP contribution in [0.4, 0.5) is 5.69 Å². The first kappa shape index (κ1) is 16.2. The molecule has 3 rings (SSSR count). The third-order valence-electron chi connectivity index (χ3n) is 4.92. The fourth-order valence-electron chi connectivity index (χ4n) is 3.48. The van der Waals surface area contributed by atoms with Crippen LogP contribution in [0.2, 0.25) is 0 Å². The van der Waals surface area contributed by atoms with Crippen LogP contribution in [0.1, 0.15) is 41.5 Å². The lowest BCUT2D eigenvalue weighted by molar-refractivity contribution is -0.923. The van der Waals surface area contributed by atoms with Crippen molar-refractivity contribution in [1.82, 2.24) is 0 Å². The van der Waals surface area contributed by atoms with Crippen LogP contribution in [0.25, 0.3) is 0 Å². The molecular formula is C19H25N2OS+. The summed E-state index contributed by atoms with van der Waals surface area (Å²) < 4.78 is 0. The zero-order chi connectivity index (χ0) is 16.4. The van der Waals surface area contributed by atoms with Gasteiger partial charge in [0, 0.05) is 22.5 Å². The van der Waals surface area contributed by atoms with Crippen LogP contribution in [-0.4, -0.2) is 19.0 Å². The van der Waals surface area contributed by atoms with Gasteiger partial charge in [-0.2, -0.15) is 0 Å². The number of para-hydroxylation sites is 1. The predicted molar refractivity (Wildman–Crippen MR) is 96.3 cm³/mol. The van der Waals surface area contributed by atoms with Crippen LogP contribution < -0.4 is 10.2 Å². The van der Waals surface area contributed by atoms with Crippen molar-refractivity contribution < 1.29 is 9.69 Å². The molecule has 0 bridgehead atoms. The van der Waals surface area contributed by atoms with E-state index in [4.69, 9.17) is 0 Å². The Morgan fingerprint density at radius 2 is 2.22 bits per heavy atom. The van der Waals surface area contributed by atoms with Crippen molar-refractivity contribution in [3.05, 3.63) is 51.2 Å². The fraction of sp³-hybridized carbons (Fsp3) is 0.421. The van der Waals surface area contributed by atoms with Gasteiger partial charge in [-0.3, -0.25) is 4.79 Å². The predicted octanol–water partition coefficient (Wildman–Crippen LogP) is 2.76. The smallest absolute Gasteiger partial charge is 0.279 e. The number of hydrogen-bond acceptors (Lipinski definition) is 2. The molecule has 1 aromatic heterocycles. The van der Waals surface area contributed by atoms with Gasteiger partial charge in [-0.1, -0.05) is 25.1 Å². The molecule has 0 radical (unpaired) electrons. The summed E-state index contributed by atoms with van der Waals surface area (Å²) in [6.07, 6.45) is 2.02. The van der Waals surface area contributed by atoms with Crippen LogP contribution in [0.15, 0.2) is 29.6 Å². The van der Waals surface area contributed by atoms with E-state index < -0.39 is 0 Å². The largest absolute Gasteiger partial charge is 0.321 e. The van der Waals surface area contributed by atoms with Crippen molar-refractivity contribution in [2.45, 2.75) is 39.7 Å². The molecule has 1 unspecified atom stereocenters. The second-order valence-electron chi connectivity index (χ2n) is 6.37. The van der Waals surface area contributed by atoms with Gasteiger partial charge in [-0.25, -0.2) is 0 Å². The van der Waals surface area contributed by atoms with Crippen molar-refractivity contribution >= 4 is 22.9 Å². The lowest BCUT2D eigenvalue weighted by Gasteiger charge is -2.30. The summed E-state index contributed by atoms with van der Waals surface area (Å²) in [4.78, 5) is 15.4. The number of rotatable bonds is 4. The summed E-state index contributed by atoms with van der Waals surface area (Å²) in [6.45, 7) is 7.99. The molecule has 1 aliphatic heterocycles. The first-order valence-corrected chi connectivity index (χ1v) is 9.27. The number of thiophene rings is 1. The second-order valence-corrected chi connectivity index (χ2v) is 7.37. The Balaban J connectivity index is 1.69. The number of carbonyl (C=O) groups is 1. The lowest BCUT2D eigenvalue weighted by Crippen LogP contribution is -3.14. The van der Waals surface area contributed by atoms with Gasteiger partial charge in [0.15, 0.2) is 6.54 Å². The topological polar surface area (TPSA) is 33.5 Å². The number of hydrogen-bond donors (Lipinski definition) is 2. The average molecular weight is 329 g/mol. The zero-order valence-electron chi connectivity index (χ0n) is 14.1. The quantitative estimate of drug-likeness (QED) is 0.888. The molecule has 0 saturated heterocycles. The highest BCUT2D eigenvalue weighted by Gasteiger charge is 2.29. The fourth-order valence-corrected chi connectivity index (χ4v) is 4.46. The first-order chi connectivity index (χ1) is 11.1. The van der Waals surface area contributed by atoms with Gasteiger partial charge in [0.1, 0.15) is 6.04 Å². The molecule has 122 valence electrons. The van der Waals surface area contributed by atoms with E-state index in [2.05, 4.69) is 55.7 Å². The Bertz CT molecular complexity index is 707. The van der Waals surface area contributed by atoms with Gasteiger partial charge in [0.2, 0.25) is 0 Å². The summed E-state index contributed by atoms with van der Waals surface area (Å²) >= 11 is 1.85. The Morgan fingerprint density at radius 1 is 1.39 bits per heavy atom. The third-order valence-corrected chi connectivity index (χ3v) is 5.92. The van der Waals surface area contributed by atoms with E-state index in [0.717, 1.165) is 30.6 Å². The lowest BCUT2D eigenvalue weighted by atomic mass is 10.0. The third kappa shape index (κ3) is 3.33. The summed E-state index contributed by atoms with van der Waals surface area (Å²) in [6, 6.07) is 8.83. The number of quaternary nitrogens is 1. The van der Waals surface area contributed by atoms with E-state index in [0.29, 0.717) is 12.6 Å². The molecule has 1 aliphatic rings. The van der Waals surface area contributed by atoms with Crippen LogP contribution in [0, 0.1) is 6.92 Å². The monoisotopic (exact) mass is 329 g/mol. The summed E-state index contributed by atoms with van der Waals surface area (Å²) in [5.41, 5.74) is 4.77. The van der Waals surface area contributed by atoms with E-state index in [1.54, 1.807) is 0 Å². The van der Waals surface area contributed by atoms with Gasteiger partial charge >= 0.3 is 0 Å². The standard InChI is InChI=1S/C19H24N2OS/c1-4-15-7-5-6-13(2)19(15)20-18(22)12-21-10-8-17-16(14(21)3)9-11-23-17/h5-7,9,11,14H,4,8,10,12H2,1-3H3,(H,20,22)/p+1/t14-/m0/s1. The van der Waals surface area contributed by atoms with Gasteiger partial charge in [0.05, 0.1) is 6.54 Å². The molecule has 0 fully saturated rings. The van der Waals surface area contributed by atoms with Crippen molar-refractivity contribution in [2.24, 2.45) is 0 Å². The maximum absolute atomic E-state index is 12.6. The molecule has 2 heterocycles. The maximum atomic E-state index is 12.6. The zero-order valence-corrected chi connectivity index (χ0v) is 14.9. The number of fused-ring (bicyclic) bond motifs is 1. The molecule has 4 heteroatoms. The van der Waals surface area contributed by atoms with Gasteiger partial charge in [-0.05, 0) is 42.8 Å². The van der Waals surface area contributed by atoms with Crippen LogP contribution in [-0.2, 0) is 17.6 Å². The molecule has 2 N–H and O–H groups in total. The Hall–Kier alpha value is -1.65. The highest BCUT2D eigenvalue weighted by Crippen LogP contribution is 2.25. The minimum absolute atomic E-state index is 0.120. The molecule has 0 aliphatic carbocycles. The molecular weight excluding hydrogens is 304 g/mol. The molecule has 0 spiro atoms. The highest BCUT2D eigenvalue weighted by atomic mass is 32.1. The van der Waals surface area contributed by atoms with E-state index >= 15 is 0 Å². The Morgan fingerprint density at radius 3 is 3.00 bits per heavy atom. The summed E-state index contributed by atoms with van der Waals surface area (Å²) in [5, 5.41) is 5.33. The van der Waals surface area contributed by atoms with E-state index in [9.17, 15) is 4.79 Å². The molecule has 23 heavy (non-hydrogen) atoms. The van der Waals surface area contributed by atoms with E-state index in [1.807, 2.05) is 11.3 Å². The van der Waals surface area contributed by atoms with E-state index in [1.165, 1.54) is 20.9 Å². The molecule has 2 aromatic rings. The first-order valence-electron chi connectivity index (χ1n) is 8.39. The number of anilines is 1.